The third kappa shape index (κ3) is 3.13. The molecule has 112 valence electrons. The van der Waals surface area contributed by atoms with Crippen LogP contribution in [0.5, 0.6) is 0 Å². The Morgan fingerprint density at radius 1 is 1.48 bits per heavy atom. The zero-order valence-corrected chi connectivity index (χ0v) is 14.2. The minimum absolute atomic E-state index is 0.0900. The number of nitrogens with one attached hydrogen (secondary N) is 1. The molecule has 0 bridgehead atoms. The summed E-state index contributed by atoms with van der Waals surface area (Å²) in [6.07, 6.45) is 0. The van der Waals surface area contributed by atoms with Crippen molar-refractivity contribution in [3.05, 3.63) is 27.0 Å². The number of nitrogens with zero attached hydrogens (tertiary/aromatic N) is 2. The third-order valence-electron chi connectivity index (χ3n) is 3.43. The van der Waals surface area contributed by atoms with Gasteiger partial charge in [-0.3, -0.25) is 4.79 Å². The van der Waals surface area contributed by atoms with Gasteiger partial charge in [0.1, 0.15) is 9.88 Å². The lowest BCUT2D eigenvalue weighted by molar-refractivity contribution is 0.0713. The van der Waals surface area contributed by atoms with Gasteiger partial charge in [-0.25, -0.2) is 4.98 Å². The van der Waals surface area contributed by atoms with Crippen molar-refractivity contribution >= 4 is 40.2 Å². The smallest absolute Gasteiger partial charge is 0.265 e. The average Bonchev–Trinajstić information content (AvgIpc) is 3.04. The van der Waals surface area contributed by atoms with E-state index in [0.717, 1.165) is 44.4 Å². The van der Waals surface area contributed by atoms with Crippen LogP contribution in [0.2, 0.25) is 4.34 Å². The van der Waals surface area contributed by atoms with Crippen LogP contribution in [0.1, 0.15) is 22.3 Å². The Hall–Kier alpha value is -0.950. The summed E-state index contributed by atoms with van der Waals surface area (Å²) in [5.41, 5.74) is 0.802. The van der Waals surface area contributed by atoms with Gasteiger partial charge in [-0.15, -0.1) is 22.7 Å². The maximum absolute atomic E-state index is 12.7. The topological polar surface area (TPSA) is 45.2 Å². The van der Waals surface area contributed by atoms with E-state index in [9.17, 15) is 4.79 Å². The fourth-order valence-corrected chi connectivity index (χ4v) is 4.52. The summed E-state index contributed by atoms with van der Waals surface area (Å²) < 4.78 is 0.738. The number of rotatable bonds is 2. The number of halogens is 1. The van der Waals surface area contributed by atoms with E-state index in [0.29, 0.717) is 6.04 Å². The summed E-state index contributed by atoms with van der Waals surface area (Å²) in [7, 11) is 0. The highest BCUT2D eigenvalue weighted by atomic mass is 35.5. The number of hydrogen-bond donors (Lipinski definition) is 1. The van der Waals surface area contributed by atoms with Gasteiger partial charge >= 0.3 is 0 Å². The Bertz CT molecular complexity index is 667. The van der Waals surface area contributed by atoms with E-state index >= 15 is 0 Å². The summed E-state index contributed by atoms with van der Waals surface area (Å²) in [6.45, 7) is 6.33. The molecule has 3 rings (SSSR count). The van der Waals surface area contributed by atoms with Gasteiger partial charge in [0.2, 0.25) is 0 Å². The van der Waals surface area contributed by atoms with Gasteiger partial charge in [-0.2, -0.15) is 0 Å². The highest BCUT2D eigenvalue weighted by Gasteiger charge is 2.25. The number of aromatic nitrogens is 1. The standard InChI is InChI=1S/C14H16ClN3OS2/c1-8-7-18(6-5-16-8)14(19)12-9(2)17-13(21-12)10-3-4-11(15)20-10/h3-4,8,16H,5-7H2,1-2H3. The van der Waals surface area contributed by atoms with Crippen LogP contribution in [-0.2, 0) is 0 Å². The van der Waals surface area contributed by atoms with Gasteiger partial charge in [-0.05, 0) is 26.0 Å². The average molecular weight is 342 g/mol. The Morgan fingerprint density at radius 2 is 2.29 bits per heavy atom. The first-order chi connectivity index (χ1) is 10.0. The zero-order valence-electron chi connectivity index (χ0n) is 11.9. The number of carbonyl (C=O) groups excluding carboxylic acids is 1. The lowest BCUT2D eigenvalue weighted by Crippen LogP contribution is -2.51. The molecule has 2 aromatic heterocycles. The van der Waals surface area contributed by atoms with Crippen LogP contribution < -0.4 is 5.32 Å². The Morgan fingerprint density at radius 3 is 2.95 bits per heavy atom. The second kappa shape index (κ2) is 6.04. The van der Waals surface area contributed by atoms with E-state index in [1.165, 1.54) is 22.7 Å². The van der Waals surface area contributed by atoms with Gasteiger partial charge in [-0.1, -0.05) is 11.6 Å². The van der Waals surface area contributed by atoms with Crippen molar-refractivity contribution in [3.8, 4) is 9.88 Å². The van der Waals surface area contributed by atoms with Gasteiger partial charge in [0.05, 0.1) is 14.9 Å². The molecular formula is C14H16ClN3OS2. The molecular weight excluding hydrogens is 326 g/mol. The molecule has 0 aromatic carbocycles. The molecule has 1 saturated heterocycles. The highest BCUT2D eigenvalue weighted by molar-refractivity contribution is 7.24. The first kappa shape index (κ1) is 15.0. The SMILES string of the molecule is Cc1nc(-c2ccc(Cl)s2)sc1C(=O)N1CCNC(C)C1. The number of thiophene rings is 1. The molecule has 1 amide bonds. The number of carbonyl (C=O) groups is 1. The van der Waals surface area contributed by atoms with Crippen LogP contribution in [0.4, 0.5) is 0 Å². The molecule has 2 aromatic rings. The second-order valence-corrected chi connectivity index (χ2v) is 7.86. The molecule has 1 unspecified atom stereocenters. The first-order valence-electron chi connectivity index (χ1n) is 6.80. The van der Waals surface area contributed by atoms with Crippen molar-refractivity contribution in [3.63, 3.8) is 0 Å². The number of aryl methyl sites for hydroxylation is 1. The normalized spacial score (nSPS) is 19.0. The molecule has 3 heterocycles. The molecule has 21 heavy (non-hydrogen) atoms. The highest BCUT2D eigenvalue weighted by Crippen LogP contribution is 2.35. The Labute approximate surface area is 136 Å². The Kier molecular flexibility index (Phi) is 4.31. The molecule has 0 spiro atoms. The van der Waals surface area contributed by atoms with Crippen molar-refractivity contribution in [2.24, 2.45) is 0 Å². The van der Waals surface area contributed by atoms with Crippen LogP contribution in [0, 0.1) is 6.92 Å². The Balaban J connectivity index is 1.85. The third-order valence-corrected chi connectivity index (χ3v) is 5.98. The van der Waals surface area contributed by atoms with Gasteiger partial charge in [0, 0.05) is 25.7 Å². The number of amides is 1. The van der Waals surface area contributed by atoms with E-state index < -0.39 is 0 Å². The minimum atomic E-state index is 0.0900. The van der Waals surface area contributed by atoms with E-state index in [-0.39, 0.29) is 5.91 Å². The fourth-order valence-electron chi connectivity index (χ4n) is 2.39. The predicted molar refractivity (Wildman–Crippen MR) is 88.5 cm³/mol. The van der Waals surface area contributed by atoms with Gasteiger partial charge in [0.15, 0.2) is 0 Å². The van der Waals surface area contributed by atoms with E-state index in [4.69, 9.17) is 11.6 Å². The lowest BCUT2D eigenvalue weighted by Gasteiger charge is -2.31. The van der Waals surface area contributed by atoms with E-state index in [1.807, 2.05) is 24.0 Å². The summed E-state index contributed by atoms with van der Waals surface area (Å²) in [6, 6.07) is 4.15. The largest absolute Gasteiger partial charge is 0.335 e. The molecule has 0 aliphatic carbocycles. The molecule has 1 aliphatic heterocycles. The van der Waals surface area contributed by atoms with Crippen molar-refractivity contribution in [2.45, 2.75) is 19.9 Å². The quantitative estimate of drug-likeness (QED) is 0.911. The monoisotopic (exact) mass is 341 g/mol. The molecule has 7 heteroatoms. The van der Waals surface area contributed by atoms with E-state index in [2.05, 4.69) is 17.2 Å². The fraction of sp³-hybridized carbons (Fsp3) is 0.429. The summed E-state index contributed by atoms with van der Waals surface area (Å²) >= 11 is 8.92. The summed E-state index contributed by atoms with van der Waals surface area (Å²) in [5, 5.41) is 4.22. The van der Waals surface area contributed by atoms with Crippen LogP contribution in [0.15, 0.2) is 12.1 Å². The number of thiazole rings is 1. The molecule has 1 fully saturated rings. The molecule has 4 nitrogen and oxygen atoms in total. The van der Waals surface area contributed by atoms with Crippen molar-refractivity contribution in [1.82, 2.24) is 15.2 Å². The summed E-state index contributed by atoms with van der Waals surface area (Å²) in [4.78, 5) is 20.9. The maximum atomic E-state index is 12.7. The second-order valence-electron chi connectivity index (χ2n) is 5.14. The van der Waals surface area contributed by atoms with Gasteiger partial charge < -0.3 is 10.2 Å². The van der Waals surface area contributed by atoms with Crippen molar-refractivity contribution in [2.75, 3.05) is 19.6 Å². The maximum Gasteiger partial charge on any atom is 0.265 e. The number of piperazine rings is 1. The lowest BCUT2D eigenvalue weighted by atomic mass is 10.2. The van der Waals surface area contributed by atoms with Crippen LogP contribution >= 0.6 is 34.3 Å². The number of hydrogen-bond acceptors (Lipinski definition) is 5. The first-order valence-corrected chi connectivity index (χ1v) is 8.81. The van der Waals surface area contributed by atoms with Crippen molar-refractivity contribution < 1.29 is 4.79 Å². The molecule has 1 atom stereocenters. The van der Waals surface area contributed by atoms with Crippen LogP contribution in [0.25, 0.3) is 9.88 Å². The van der Waals surface area contributed by atoms with E-state index in [1.54, 1.807) is 0 Å². The minimum Gasteiger partial charge on any atom is -0.335 e. The molecule has 1 N–H and O–H groups in total. The van der Waals surface area contributed by atoms with Crippen molar-refractivity contribution in [1.29, 1.82) is 0 Å². The van der Waals surface area contributed by atoms with Gasteiger partial charge in [0.25, 0.3) is 5.91 Å². The summed E-state index contributed by atoms with van der Waals surface area (Å²) in [5.74, 6) is 0.0900. The zero-order chi connectivity index (χ0) is 15.0. The molecule has 1 aliphatic rings. The molecule has 0 saturated carbocycles. The van der Waals surface area contributed by atoms with Crippen LogP contribution in [0.3, 0.4) is 0 Å². The predicted octanol–water partition coefficient (Wildman–Crippen LogP) is 3.27. The molecule has 0 radical (unpaired) electrons. The van der Waals surface area contributed by atoms with Crippen LogP contribution in [-0.4, -0.2) is 41.5 Å².